The first-order valence-electron chi connectivity index (χ1n) is 3.65. The summed E-state index contributed by atoms with van der Waals surface area (Å²) in [4.78, 5) is 0. The highest BCUT2D eigenvalue weighted by atomic mass is 14.9. The van der Waals surface area contributed by atoms with Crippen LogP contribution in [0.25, 0.3) is 0 Å². The Bertz CT molecular complexity index is 178. The Morgan fingerprint density at radius 2 is 1.73 bits per heavy atom. The average Bonchev–Trinajstić information content (AvgIpc) is 2.05. The highest BCUT2D eigenvalue weighted by Crippen LogP contribution is 2.00. The summed E-state index contributed by atoms with van der Waals surface area (Å²) in [5.74, 6) is 0. The summed E-state index contributed by atoms with van der Waals surface area (Å²) in [6.07, 6.45) is 5.68. The Morgan fingerprint density at radius 1 is 1.18 bits per heavy atom. The van der Waals surface area contributed by atoms with E-state index in [9.17, 15) is 0 Å². The first kappa shape index (κ1) is 9.82. The maximum absolute atomic E-state index is 3.63. The minimum Gasteiger partial charge on any atom is -0.387 e. The number of allylic oxidation sites excluding steroid dienone is 3. The van der Waals surface area contributed by atoms with Gasteiger partial charge in [-0.1, -0.05) is 18.7 Å². The minimum absolute atomic E-state index is 1.05. The molecule has 0 radical (unpaired) electrons. The molecule has 0 saturated heterocycles. The summed E-state index contributed by atoms with van der Waals surface area (Å²) in [5, 5.41) is 6.13. The molecule has 0 amide bonds. The fraction of sp³-hybridized carbons (Fsp3) is 0.333. The van der Waals surface area contributed by atoms with E-state index in [1.54, 1.807) is 6.08 Å². The molecule has 2 N–H and O–H groups in total. The number of rotatable bonds is 4. The van der Waals surface area contributed by atoms with Gasteiger partial charge in [-0.2, -0.15) is 0 Å². The van der Waals surface area contributed by atoms with E-state index in [1.807, 2.05) is 33.2 Å². The predicted octanol–water partition coefficient (Wildman–Crippen LogP) is 1.40. The second-order valence-electron chi connectivity index (χ2n) is 2.02. The van der Waals surface area contributed by atoms with E-state index in [2.05, 4.69) is 17.2 Å². The maximum atomic E-state index is 3.63. The van der Waals surface area contributed by atoms with Crippen LogP contribution in [0.4, 0.5) is 0 Å². The van der Waals surface area contributed by atoms with Crippen LogP contribution in [-0.4, -0.2) is 14.1 Å². The van der Waals surface area contributed by atoms with Crippen molar-refractivity contribution in [1.29, 1.82) is 0 Å². The molecule has 0 rings (SSSR count). The van der Waals surface area contributed by atoms with Gasteiger partial charge in [0, 0.05) is 14.1 Å². The van der Waals surface area contributed by atoms with Crippen LogP contribution in [0.1, 0.15) is 6.92 Å². The summed E-state index contributed by atoms with van der Waals surface area (Å²) in [6, 6.07) is 0. The Labute approximate surface area is 68.7 Å². The maximum Gasteiger partial charge on any atom is 0.0569 e. The zero-order valence-electron chi connectivity index (χ0n) is 7.44. The molecule has 0 heterocycles. The molecule has 0 aromatic carbocycles. The van der Waals surface area contributed by atoms with Crippen LogP contribution < -0.4 is 10.6 Å². The van der Waals surface area contributed by atoms with Crippen molar-refractivity contribution in [3.05, 3.63) is 36.2 Å². The minimum atomic E-state index is 1.05. The molecule has 0 saturated carbocycles. The Morgan fingerprint density at radius 3 is 2.00 bits per heavy atom. The molecule has 0 aliphatic rings. The lowest BCUT2D eigenvalue weighted by molar-refractivity contribution is 0.904. The molecule has 0 aliphatic heterocycles. The van der Waals surface area contributed by atoms with Gasteiger partial charge in [0.1, 0.15) is 0 Å². The molecular formula is C9H16N2. The second kappa shape index (κ2) is 5.59. The third-order valence-corrected chi connectivity index (χ3v) is 1.40. The van der Waals surface area contributed by atoms with Gasteiger partial charge in [0.15, 0.2) is 0 Å². The van der Waals surface area contributed by atoms with Crippen LogP contribution in [0.3, 0.4) is 0 Å². The molecule has 0 spiro atoms. The molecule has 0 aliphatic carbocycles. The smallest absolute Gasteiger partial charge is 0.0569 e. The first-order valence-corrected chi connectivity index (χ1v) is 3.65. The van der Waals surface area contributed by atoms with Crippen LogP contribution in [0.15, 0.2) is 36.2 Å². The van der Waals surface area contributed by atoms with Gasteiger partial charge in [-0.05, 0) is 13.0 Å². The Kier molecular flexibility index (Phi) is 4.99. The van der Waals surface area contributed by atoms with Crippen LogP contribution in [-0.2, 0) is 0 Å². The van der Waals surface area contributed by atoms with Crippen molar-refractivity contribution >= 4 is 0 Å². The van der Waals surface area contributed by atoms with Gasteiger partial charge >= 0.3 is 0 Å². The first-order chi connectivity index (χ1) is 5.29. The molecule has 2 heteroatoms. The average molecular weight is 152 g/mol. The van der Waals surface area contributed by atoms with Gasteiger partial charge in [-0.15, -0.1) is 0 Å². The van der Waals surface area contributed by atoms with Crippen molar-refractivity contribution in [1.82, 2.24) is 10.6 Å². The molecule has 0 aromatic rings. The summed E-state index contributed by atoms with van der Waals surface area (Å²) in [7, 11) is 3.78. The van der Waals surface area contributed by atoms with Crippen molar-refractivity contribution in [2.75, 3.05) is 14.1 Å². The zero-order chi connectivity index (χ0) is 8.69. The molecular weight excluding hydrogens is 136 g/mol. The van der Waals surface area contributed by atoms with E-state index in [-0.39, 0.29) is 0 Å². The zero-order valence-corrected chi connectivity index (χ0v) is 7.44. The summed E-state index contributed by atoms with van der Waals surface area (Å²) >= 11 is 0. The monoisotopic (exact) mass is 152 g/mol. The molecule has 62 valence electrons. The molecule has 2 nitrogen and oxygen atoms in total. The van der Waals surface area contributed by atoms with Crippen LogP contribution >= 0.6 is 0 Å². The molecule has 0 unspecified atom stereocenters. The Balaban J connectivity index is 4.47. The van der Waals surface area contributed by atoms with E-state index < -0.39 is 0 Å². The van der Waals surface area contributed by atoms with Crippen molar-refractivity contribution in [3.63, 3.8) is 0 Å². The largest absolute Gasteiger partial charge is 0.387 e. The third kappa shape index (κ3) is 2.94. The van der Waals surface area contributed by atoms with Crippen LogP contribution in [0.5, 0.6) is 0 Å². The van der Waals surface area contributed by atoms with Crippen molar-refractivity contribution in [2.24, 2.45) is 0 Å². The van der Waals surface area contributed by atoms with Crippen molar-refractivity contribution < 1.29 is 0 Å². The normalized spacial score (nSPS) is 12.6. The summed E-state index contributed by atoms with van der Waals surface area (Å²) in [6.45, 7) is 5.61. The van der Waals surface area contributed by atoms with Gasteiger partial charge in [0.25, 0.3) is 0 Å². The van der Waals surface area contributed by atoms with Crippen LogP contribution in [0.2, 0.25) is 0 Å². The van der Waals surface area contributed by atoms with E-state index in [1.165, 1.54) is 0 Å². The predicted molar refractivity (Wildman–Crippen MR) is 50.2 cm³/mol. The van der Waals surface area contributed by atoms with E-state index in [4.69, 9.17) is 0 Å². The van der Waals surface area contributed by atoms with E-state index in [0.717, 1.165) is 11.4 Å². The van der Waals surface area contributed by atoms with Gasteiger partial charge in [0.05, 0.1) is 11.4 Å². The Hall–Kier alpha value is -1.18. The fourth-order valence-electron chi connectivity index (χ4n) is 0.860. The summed E-state index contributed by atoms with van der Waals surface area (Å²) < 4.78 is 0. The molecule has 0 bridgehead atoms. The van der Waals surface area contributed by atoms with Gasteiger partial charge < -0.3 is 10.6 Å². The fourth-order valence-corrected chi connectivity index (χ4v) is 0.860. The van der Waals surface area contributed by atoms with Crippen molar-refractivity contribution in [2.45, 2.75) is 6.92 Å². The molecule has 0 aromatic heterocycles. The lowest BCUT2D eigenvalue weighted by Crippen LogP contribution is -2.17. The lowest BCUT2D eigenvalue weighted by Gasteiger charge is -2.09. The number of likely N-dealkylation sites (N-methyl/N-ethyl adjacent to an activating group) is 2. The van der Waals surface area contributed by atoms with Crippen LogP contribution in [0, 0.1) is 0 Å². The van der Waals surface area contributed by atoms with E-state index >= 15 is 0 Å². The second-order valence-corrected chi connectivity index (χ2v) is 2.02. The number of hydrogen-bond donors (Lipinski definition) is 2. The highest BCUT2D eigenvalue weighted by Gasteiger charge is 1.95. The standard InChI is InChI=1S/C9H16N2/c1-5-7-9(11-4)8(6-2)10-3/h5-7,10-11H,1H2,2-4H3/b8-6+,9-7+. The topological polar surface area (TPSA) is 24.1 Å². The SMILES string of the molecule is C=C/C=C(NC)\C(=C/C)NC. The van der Waals surface area contributed by atoms with E-state index in [0.29, 0.717) is 0 Å². The number of nitrogens with one attached hydrogen (secondary N) is 2. The van der Waals surface area contributed by atoms with Gasteiger partial charge in [-0.25, -0.2) is 0 Å². The van der Waals surface area contributed by atoms with Crippen molar-refractivity contribution in [3.8, 4) is 0 Å². The number of hydrogen-bond acceptors (Lipinski definition) is 2. The quantitative estimate of drug-likeness (QED) is 0.595. The highest BCUT2D eigenvalue weighted by molar-refractivity contribution is 5.29. The molecule has 0 fully saturated rings. The molecule has 11 heavy (non-hydrogen) atoms. The molecule has 0 atom stereocenters. The van der Waals surface area contributed by atoms with Gasteiger partial charge in [-0.3, -0.25) is 0 Å². The van der Waals surface area contributed by atoms with Gasteiger partial charge in [0.2, 0.25) is 0 Å². The third-order valence-electron chi connectivity index (χ3n) is 1.40. The lowest BCUT2D eigenvalue weighted by atomic mass is 10.3. The summed E-state index contributed by atoms with van der Waals surface area (Å²) in [5.41, 5.74) is 2.12.